The van der Waals surface area contributed by atoms with Gasteiger partial charge in [-0.05, 0) is 36.8 Å². The number of hydrogen-bond acceptors (Lipinski definition) is 3. The van der Waals surface area contributed by atoms with Gasteiger partial charge in [0.25, 0.3) is 5.91 Å². The summed E-state index contributed by atoms with van der Waals surface area (Å²) >= 11 is 5.91. The molecule has 22 heavy (non-hydrogen) atoms. The highest BCUT2D eigenvalue weighted by atomic mass is 35.5. The number of carbonyl (C=O) groups excluding carboxylic acids is 1. The Kier molecular flexibility index (Phi) is 3.98. The third-order valence-electron chi connectivity index (χ3n) is 3.24. The summed E-state index contributed by atoms with van der Waals surface area (Å²) in [5.74, 6) is 0.246. The highest BCUT2D eigenvalue weighted by molar-refractivity contribution is 6.30. The second kappa shape index (κ2) is 6.07. The minimum absolute atomic E-state index is 0.253. The number of benzene rings is 1. The third-order valence-corrected chi connectivity index (χ3v) is 3.49. The Bertz CT molecular complexity index is 776. The molecule has 3 rings (SSSR count). The Labute approximate surface area is 132 Å². The average molecular weight is 316 g/mol. The maximum Gasteiger partial charge on any atom is 0.260 e. The molecule has 2 heterocycles. The van der Waals surface area contributed by atoms with E-state index in [2.05, 4.69) is 10.4 Å². The summed E-state index contributed by atoms with van der Waals surface area (Å²) in [6.45, 7) is 2.03. The number of halogens is 1. The molecule has 1 aromatic carbocycles. The Morgan fingerprint density at radius 3 is 2.73 bits per heavy atom. The Balaban J connectivity index is 1.88. The van der Waals surface area contributed by atoms with Crippen molar-refractivity contribution in [2.75, 3.05) is 5.32 Å². The number of furan rings is 1. The molecular formula is C16H14ClN3O2. The number of hydrogen-bond donors (Lipinski definition) is 1. The molecule has 0 saturated carbocycles. The normalized spacial score (nSPS) is 10.6. The number of aryl methyl sites for hydroxylation is 1. The van der Waals surface area contributed by atoms with E-state index in [0.717, 1.165) is 17.8 Å². The smallest absolute Gasteiger partial charge is 0.260 e. The molecule has 0 aliphatic carbocycles. The van der Waals surface area contributed by atoms with E-state index < -0.39 is 0 Å². The second-order valence-electron chi connectivity index (χ2n) is 4.73. The molecular weight excluding hydrogens is 302 g/mol. The Morgan fingerprint density at radius 2 is 2.09 bits per heavy atom. The van der Waals surface area contributed by atoms with Crippen molar-refractivity contribution < 1.29 is 9.21 Å². The molecule has 1 amide bonds. The highest BCUT2D eigenvalue weighted by Crippen LogP contribution is 2.19. The van der Waals surface area contributed by atoms with Gasteiger partial charge in [-0.3, -0.25) is 4.79 Å². The van der Waals surface area contributed by atoms with Gasteiger partial charge in [-0.1, -0.05) is 18.5 Å². The van der Waals surface area contributed by atoms with Gasteiger partial charge in [0, 0.05) is 16.8 Å². The zero-order chi connectivity index (χ0) is 15.5. The van der Waals surface area contributed by atoms with Crippen molar-refractivity contribution in [2.45, 2.75) is 13.3 Å². The minimum Gasteiger partial charge on any atom is -0.472 e. The van der Waals surface area contributed by atoms with Gasteiger partial charge in [0.1, 0.15) is 6.26 Å². The quantitative estimate of drug-likeness (QED) is 0.793. The molecule has 112 valence electrons. The summed E-state index contributed by atoms with van der Waals surface area (Å²) in [4.78, 5) is 12.0. The zero-order valence-electron chi connectivity index (χ0n) is 11.9. The third kappa shape index (κ3) is 2.89. The van der Waals surface area contributed by atoms with Gasteiger partial charge in [-0.25, -0.2) is 4.68 Å². The summed E-state index contributed by atoms with van der Waals surface area (Å²) in [5, 5.41) is 7.87. The first kappa shape index (κ1) is 14.4. The van der Waals surface area contributed by atoms with E-state index in [1.165, 1.54) is 12.5 Å². The number of aromatic nitrogens is 2. The molecule has 2 aromatic heterocycles. The molecule has 0 unspecified atom stereocenters. The fourth-order valence-electron chi connectivity index (χ4n) is 2.12. The van der Waals surface area contributed by atoms with Crippen LogP contribution in [-0.2, 0) is 6.42 Å². The van der Waals surface area contributed by atoms with Crippen LogP contribution >= 0.6 is 11.6 Å². The number of nitrogens with zero attached hydrogens (tertiary/aromatic N) is 2. The lowest BCUT2D eigenvalue weighted by molar-refractivity contribution is 0.102. The molecule has 1 N–H and O–H groups in total. The average Bonchev–Trinajstić information content (AvgIpc) is 3.17. The molecule has 5 nitrogen and oxygen atoms in total. The van der Waals surface area contributed by atoms with E-state index >= 15 is 0 Å². The molecule has 0 saturated heterocycles. The predicted octanol–water partition coefficient (Wildman–Crippen LogP) is 3.93. The van der Waals surface area contributed by atoms with Crippen LogP contribution in [0.4, 0.5) is 5.82 Å². The van der Waals surface area contributed by atoms with Crippen molar-refractivity contribution in [2.24, 2.45) is 0 Å². The molecule has 0 atom stereocenters. The summed E-state index contributed by atoms with van der Waals surface area (Å²) in [7, 11) is 0. The lowest BCUT2D eigenvalue weighted by Crippen LogP contribution is -2.11. The molecule has 6 heteroatoms. The van der Waals surface area contributed by atoms with E-state index in [9.17, 15) is 4.79 Å². The van der Waals surface area contributed by atoms with Crippen LogP contribution in [0.25, 0.3) is 5.69 Å². The molecule has 3 aromatic rings. The van der Waals surface area contributed by atoms with Crippen molar-refractivity contribution >= 4 is 23.3 Å². The summed E-state index contributed by atoms with van der Waals surface area (Å²) in [6, 6.07) is 10.8. The van der Waals surface area contributed by atoms with E-state index in [1.807, 2.05) is 37.3 Å². The first-order valence-corrected chi connectivity index (χ1v) is 7.23. The van der Waals surface area contributed by atoms with Crippen molar-refractivity contribution in [3.05, 3.63) is 65.2 Å². The highest BCUT2D eigenvalue weighted by Gasteiger charge is 2.12. The van der Waals surface area contributed by atoms with Crippen LogP contribution in [-0.4, -0.2) is 15.7 Å². The van der Waals surface area contributed by atoms with Gasteiger partial charge in [-0.15, -0.1) is 5.10 Å². The van der Waals surface area contributed by atoms with E-state index in [-0.39, 0.29) is 5.91 Å². The van der Waals surface area contributed by atoms with Gasteiger partial charge in [0.05, 0.1) is 17.5 Å². The van der Waals surface area contributed by atoms with Crippen LogP contribution in [0.1, 0.15) is 23.0 Å². The van der Waals surface area contributed by atoms with Gasteiger partial charge in [0.2, 0.25) is 0 Å². The number of amides is 1. The number of rotatable bonds is 4. The van der Waals surface area contributed by atoms with E-state index in [1.54, 1.807) is 10.7 Å². The summed E-state index contributed by atoms with van der Waals surface area (Å²) in [5.41, 5.74) is 2.34. The van der Waals surface area contributed by atoms with Crippen LogP contribution in [0.15, 0.2) is 53.3 Å². The molecule has 0 fully saturated rings. The maximum absolute atomic E-state index is 12.0. The fourth-order valence-corrected chi connectivity index (χ4v) is 2.25. The largest absolute Gasteiger partial charge is 0.472 e. The van der Waals surface area contributed by atoms with Crippen molar-refractivity contribution in [1.29, 1.82) is 0 Å². The number of nitrogens with one attached hydrogen (secondary N) is 1. The Morgan fingerprint density at radius 1 is 1.32 bits per heavy atom. The maximum atomic E-state index is 12.0. The van der Waals surface area contributed by atoms with Crippen molar-refractivity contribution in [1.82, 2.24) is 9.78 Å². The predicted molar refractivity (Wildman–Crippen MR) is 84.6 cm³/mol. The van der Waals surface area contributed by atoms with Crippen LogP contribution in [0, 0.1) is 0 Å². The fraction of sp³-hybridized carbons (Fsp3) is 0.125. The van der Waals surface area contributed by atoms with E-state index in [4.69, 9.17) is 16.0 Å². The number of carbonyl (C=O) groups is 1. The number of anilines is 1. The molecule has 0 spiro atoms. The zero-order valence-corrected chi connectivity index (χ0v) is 12.7. The topological polar surface area (TPSA) is 60.1 Å². The monoisotopic (exact) mass is 315 g/mol. The molecule has 0 aliphatic rings. The Hall–Kier alpha value is -2.53. The summed E-state index contributed by atoms with van der Waals surface area (Å²) < 4.78 is 6.70. The first-order chi connectivity index (χ1) is 10.7. The first-order valence-electron chi connectivity index (χ1n) is 6.86. The standard InChI is InChI=1S/C16H14ClN3O2/c1-2-13-9-15(18-16(21)11-7-8-22-10-11)19-20(13)14-5-3-12(17)4-6-14/h3-10H,2H2,1H3,(H,18,19,21). The van der Waals surface area contributed by atoms with Crippen LogP contribution in [0.2, 0.25) is 5.02 Å². The van der Waals surface area contributed by atoms with Crippen LogP contribution in [0.5, 0.6) is 0 Å². The lowest BCUT2D eigenvalue weighted by Gasteiger charge is -2.05. The second-order valence-corrected chi connectivity index (χ2v) is 5.17. The van der Waals surface area contributed by atoms with Gasteiger partial charge < -0.3 is 9.73 Å². The summed E-state index contributed by atoms with van der Waals surface area (Å²) in [6.07, 6.45) is 3.64. The van der Waals surface area contributed by atoms with Gasteiger partial charge in [-0.2, -0.15) is 0 Å². The minimum atomic E-state index is -0.253. The molecule has 0 aliphatic heterocycles. The van der Waals surface area contributed by atoms with Crippen LogP contribution < -0.4 is 5.32 Å². The van der Waals surface area contributed by atoms with E-state index in [0.29, 0.717) is 16.4 Å². The van der Waals surface area contributed by atoms with Gasteiger partial charge >= 0.3 is 0 Å². The van der Waals surface area contributed by atoms with Crippen molar-refractivity contribution in [3.63, 3.8) is 0 Å². The molecule has 0 bridgehead atoms. The lowest BCUT2D eigenvalue weighted by atomic mass is 10.3. The SMILES string of the molecule is CCc1cc(NC(=O)c2ccoc2)nn1-c1ccc(Cl)cc1. The van der Waals surface area contributed by atoms with Crippen molar-refractivity contribution in [3.8, 4) is 5.69 Å². The van der Waals surface area contributed by atoms with Gasteiger partial charge in [0.15, 0.2) is 5.82 Å². The van der Waals surface area contributed by atoms with Crippen LogP contribution in [0.3, 0.4) is 0 Å². The molecule has 0 radical (unpaired) electrons.